The first-order valence-corrected chi connectivity index (χ1v) is 6.05. The minimum atomic E-state index is -0.800. The first-order valence-electron chi connectivity index (χ1n) is 6.05. The predicted molar refractivity (Wildman–Crippen MR) is 68.5 cm³/mol. The predicted octanol–water partition coefficient (Wildman–Crippen LogP) is 0.535. The van der Waals surface area contributed by atoms with E-state index in [1.165, 1.54) is 6.07 Å². The highest BCUT2D eigenvalue weighted by Gasteiger charge is 2.30. The average molecular weight is 268 g/mol. The summed E-state index contributed by atoms with van der Waals surface area (Å²) < 4.78 is 5.26. The fourth-order valence-electron chi connectivity index (χ4n) is 2.10. The number of benzene rings is 1. The summed E-state index contributed by atoms with van der Waals surface area (Å²) in [5, 5.41) is 29.9. The summed E-state index contributed by atoms with van der Waals surface area (Å²) in [6.07, 6.45) is -1.60. The van der Waals surface area contributed by atoms with Gasteiger partial charge in [0.05, 0.1) is 23.7 Å². The minimum Gasteiger partial charge on any atom is -0.487 e. The number of nitro benzene ring substituents is 1. The number of ether oxygens (including phenoxy) is 1. The summed E-state index contributed by atoms with van der Waals surface area (Å²) in [4.78, 5) is 12.1. The summed E-state index contributed by atoms with van der Waals surface area (Å²) in [6.45, 7) is 2.67. The largest absolute Gasteiger partial charge is 0.487 e. The molecule has 1 aromatic rings. The number of hydrogen-bond donors (Lipinski definition) is 2. The van der Waals surface area contributed by atoms with Crippen molar-refractivity contribution in [1.82, 2.24) is 0 Å². The van der Waals surface area contributed by atoms with E-state index in [1.54, 1.807) is 24.0 Å². The molecule has 2 N–H and O–H groups in total. The van der Waals surface area contributed by atoms with Crippen LogP contribution in [0.15, 0.2) is 18.2 Å². The van der Waals surface area contributed by atoms with Gasteiger partial charge in [-0.2, -0.15) is 0 Å². The molecule has 0 amide bonds. The SMILES string of the molecule is CCOc1cc(N2CC(O)C(O)C2)ccc1[N+](=O)[O-]. The zero-order valence-electron chi connectivity index (χ0n) is 10.5. The molecule has 2 unspecified atom stereocenters. The monoisotopic (exact) mass is 268 g/mol. The van der Waals surface area contributed by atoms with Crippen molar-refractivity contribution in [1.29, 1.82) is 0 Å². The third kappa shape index (κ3) is 2.77. The Balaban J connectivity index is 2.28. The van der Waals surface area contributed by atoms with Crippen molar-refractivity contribution in [2.24, 2.45) is 0 Å². The van der Waals surface area contributed by atoms with E-state index in [-0.39, 0.29) is 11.4 Å². The molecular formula is C12H16N2O5. The van der Waals surface area contributed by atoms with Gasteiger partial charge < -0.3 is 19.8 Å². The zero-order valence-corrected chi connectivity index (χ0v) is 10.5. The van der Waals surface area contributed by atoms with Gasteiger partial charge in [-0.25, -0.2) is 0 Å². The Bertz CT molecular complexity index is 469. The van der Waals surface area contributed by atoms with Crippen LogP contribution in [0.4, 0.5) is 11.4 Å². The molecule has 1 aromatic carbocycles. The lowest BCUT2D eigenvalue weighted by Crippen LogP contribution is -2.22. The van der Waals surface area contributed by atoms with Crippen LogP contribution in [0.1, 0.15) is 6.92 Å². The van der Waals surface area contributed by atoms with Crippen molar-refractivity contribution in [2.75, 3.05) is 24.6 Å². The molecule has 0 saturated carbocycles. The van der Waals surface area contributed by atoms with Gasteiger partial charge in [-0.15, -0.1) is 0 Å². The molecule has 7 heteroatoms. The maximum Gasteiger partial charge on any atom is 0.311 e. The van der Waals surface area contributed by atoms with Gasteiger partial charge in [0.1, 0.15) is 0 Å². The highest BCUT2D eigenvalue weighted by molar-refractivity contribution is 5.60. The normalized spacial score (nSPS) is 22.6. The van der Waals surface area contributed by atoms with Crippen molar-refractivity contribution < 1.29 is 19.9 Å². The molecule has 0 aromatic heterocycles. The first kappa shape index (κ1) is 13.6. The number of hydrogen-bond acceptors (Lipinski definition) is 6. The summed E-state index contributed by atoms with van der Waals surface area (Å²) in [5.74, 6) is 0.195. The number of aliphatic hydroxyl groups is 2. The van der Waals surface area contributed by atoms with Crippen LogP contribution in [0.5, 0.6) is 5.75 Å². The number of anilines is 1. The van der Waals surface area contributed by atoms with Crippen LogP contribution in [0.2, 0.25) is 0 Å². The Hall–Kier alpha value is -1.86. The molecular weight excluding hydrogens is 252 g/mol. The highest BCUT2D eigenvalue weighted by Crippen LogP contribution is 2.33. The van der Waals surface area contributed by atoms with Crippen LogP contribution in [-0.2, 0) is 0 Å². The van der Waals surface area contributed by atoms with Gasteiger partial charge >= 0.3 is 5.69 Å². The molecule has 104 valence electrons. The second-order valence-corrected chi connectivity index (χ2v) is 4.38. The molecule has 1 fully saturated rings. The molecule has 1 saturated heterocycles. The van der Waals surface area contributed by atoms with E-state index >= 15 is 0 Å². The van der Waals surface area contributed by atoms with E-state index in [1.807, 2.05) is 0 Å². The molecule has 2 rings (SSSR count). The molecule has 1 aliphatic rings. The number of rotatable bonds is 4. The molecule has 1 aliphatic heterocycles. The molecule has 0 radical (unpaired) electrons. The molecule has 0 spiro atoms. The Labute approximate surface area is 110 Å². The lowest BCUT2D eigenvalue weighted by Gasteiger charge is -2.18. The zero-order chi connectivity index (χ0) is 14.0. The number of aliphatic hydroxyl groups excluding tert-OH is 2. The van der Waals surface area contributed by atoms with E-state index in [0.29, 0.717) is 25.4 Å². The highest BCUT2D eigenvalue weighted by atomic mass is 16.6. The van der Waals surface area contributed by atoms with Gasteiger partial charge in [0.15, 0.2) is 5.75 Å². The molecule has 0 aliphatic carbocycles. The second kappa shape index (κ2) is 5.41. The number of β-amino-alcohol motifs (C(OH)–C–C–N with tert-alkyl or cyclic N) is 2. The standard InChI is InChI=1S/C12H16N2O5/c1-2-19-12-5-8(3-4-9(12)14(17)18)13-6-10(15)11(16)7-13/h3-5,10-11,15-16H,2,6-7H2,1H3. The topological polar surface area (TPSA) is 96.1 Å². The summed E-state index contributed by atoms with van der Waals surface area (Å²) >= 11 is 0. The van der Waals surface area contributed by atoms with Gasteiger partial charge in [0.2, 0.25) is 0 Å². The van der Waals surface area contributed by atoms with Gasteiger partial charge in [0.25, 0.3) is 0 Å². The van der Waals surface area contributed by atoms with Crippen molar-refractivity contribution in [3.05, 3.63) is 28.3 Å². The van der Waals surface area contributed by atoms with Crippen molar-refractivity contribution >= 4 is 11.4 Å². The van der Waals surface area contributed by atoms with Crippen LogP contribution >= 0.6 is 0 Å². The van der Waals surface area contributed by atoms with Crippen molar-refractivity contribution in [3.63, 3.8) is 0 Å². The smallest absolute Gasteiger partial charge is 0.311 e. The third-order valence-corrected chi connectivity index (χ3v) is 3.06. The lowest BCUT2D eigenvalue weighted by atomic mass is 10.2. The fraction of sp³-hybridized carbons (Fsp3) is 0.500. The molecule has 7 nitrogen and oxygen atoms in total. The van der Waals surface area contributed by atoms with E-state index in [0.717, 1.165) is 0 Å². The Morgan fingerprint density at radius 2 is 2.05 bits per heavy atom. The Morgan fingerprint density at radius 1 is 1.42 bits per heavy atom. The molecule has 1 heterocycles. The van der Waals surface area contributed by atoms with E-state index < -0.39 is 17.1 Å². The van der Waals surface area contributed by atoms with Gasteiger partial charge in [0, 0.05) is 30.9 Å². The van der Waals surface area contributed by atoms with Crippen LogP contribution in [0.25, 0.3) is 0 Å². The van der Waals surface area contributed by atoms with Gasteiger partial charge in [-0.05, 0) is 13.0 Å². The molecule has 19 heavy (non-hydrogen) atoms. The van der Waals surface area contributed by atoms with E-state index in [9.17, 15) is 20.3 Å². The van der Waals surface area contributed by atoms with Crippen LogP contribution in [0, 0.1) is 10.1 Å². The average Bonchev–Trinajstić information content (AvgIpc) is 2.70. The maximum atomic E-state index is 10.9. The van der Waals surface area contributed by atoms with Crippen molar-refractivity contribution in [3.8, 4) is 5.75 Å². The maximum absolute atomic E-state index is 10.9. The summed E-state index contributed by atoms with van der Waals surface area (Å²) in [6, 6.07) is 4.52. The van der Waals surface area contributed by atoms with Crippen LogP contribution < -0.4 is 9.64 Å². The first-order chi connectivity index (χ1) is 9.02. The Morgan fingerprint density at radius 3 is 2.58 bits per heavy atom. The number of nitrogens with zero attached hydrogens (tertiary/aromatic N) is 2. The van der Waals surface area contributed by atoms with Gasteiger partial charge in [-0.1, -0.05) is 0 Å². The second-order valence-electron chi connectivity index (χ2n) is 4.38. The van der Waals surface area contributed by atoms with E-state index in [2.05, 4.69) is 0 Å². The van der Waals surface area contributed by atoms with E-state index in [4.69, 9.17) is 4.74 Å². The number of nitro groups is 1. The lowest BCUT2D eigenvalue weighted by molar-refractivity contribution is -0.385. The summed E-state index contributed by atoms with van der Waals surface area (Å²) in [7, 11) is 0. The molecule has 2 atom stereocenters. The third-order valence-electron chi connectivity index (χ3n) is 3.06. The van der Waals surface area contributed by atoms with Crippen LogP contribution in [-0.4, -0.2) is 47.0 Å². The Kier molecular flexibility index (Phi) is 3.87. The fourth-order valence-corrected chi connectivity index (χ4v) is 2.10. The quantitative estimate of drug-likeness (QED) is 0.611. The van der Waals surface area contributed by atoms with Crippen molar-refractivity contribution in [2.45, 2.75) is 19.1 Å². The van der Waals surface area contributed by atoms with Gasteiger partial charge in [-0.3, -0.25) is 10.1 Å². The molecule has 0 bridgehead atoms. The van der Waals surface area contributed by atoms with Crippen LogP contribution in [0.3, 0.4) is 0 Å². The summed E-state index contributed by atoms with van der Waals surface area (Å²) in [5.41, 5.74) is 0.593. The minimum absolute atomic E-state index is 0.0918.